The highest BCUT2D eigenvalue weighted by atomic mass is 32.2. The van der Waals surface area contributed by atoms with E-state index in [1.807, 2.05) is 6.92 Å². The van der Waals surface area contributed by atoms with Gasteiger partial charge in [0.15, 0.2) is 0 Å². The highest BCUT2D eigenvalue weighted by Crippen LogP contribution is 2.18. The van der Waals surface area contributed by atoms with Gasteiger partial charge in [0.2, 0.25) is 5.91 Å². The molecule has 1 aromatic heterocycles. The average Bonchev–Trinajstić information content (AvgIpc) is 2.97. The molecule has 0 spiro atoms. The van der Waals surface area contributed by atoms with Crippen LogP contribution in [0, 0.1) is 0 Å². The molecule has 2 rings (SSSR count). The van der Waals surface area contributed by atoms with Gasteiger partial charge in [0.05, 0.1) is 24.2 Å². The monoisotopic (exact) mass is 271 g/mol. The molecule has 1 aromatic rings. The van der Waals surface area contributed by atoms with Crippen LogP contribution in [0.15, 0.2) is 22.8 Å². The lowest BCUT2D eigenvalue weighted by Crippen LogP contribution is -2.33. The third-order valence-corrected chi connectivity index (χ3v) is 4.80. The lowest BCUT2D eigenvalue weighted by molar-refractivity contribution is -0.118. The van der Waals surface area contributed by atoms with Crippen molar-refractivity contribution in [3.8, 4) is 0 Å². The Morgan fingerprint density at radius 3 is 3.06 bits per heavy atom. The summed E-state index contributed by atoms with van der Waals surface area (Å²) in [4.78, 5) is 11.6. The van der Waals surface area contributed by atoms with Gasteiger partial charge >= 0.3 is 0 Å². The average molecular weight is 271 g/mol. The Morgan fingerprint density at radius 1 is 1.61 bits per heavy atom. The van der Waals surface area contributed by atoms with Crippen molar-refractivity contribution in [2.45, 2.75) is 31.2 Å². The Hall–Kier alpha value is -1.14. The molecule has 0 bridgehead atoms. The second kappa shape index (κ2) is 6.15. The molecule has 1 saturated heterocycles. The van der Waals surface area contributed by atoms with Crippen molar-refractivity contribution < 1.29 is 18.2 Å². The molecule has 6 heteroatoms. The minimum absolute atomic E-state index is 0.0243. The Kier molecular flexibility index (Phi) is 4.54. The molecule has 100 valence electrons. The summed E-state index contributed by atoms with van der Waals surface area (Å²) in [6.45, 7) is 2.86. The Labute approximate surface area is 108 Å². The van der Waals surface area contributed by atoms with Crippen molar-refractivity contribution in [2.75, 3.05) is 12.4 Å². The summed E-state index contributed by atoms with van der Waals surface area (Å²) in [5.74, 6) is 0.495. The minimum atomic E-state index is -1.17. The molecule has 0 aromatic carbocycles. The molecule has 1 aliphatic heterocycles. The zero-order valence-corrected chi connectivity index (χ0v) is 11.1. The summed E-state index contributed by atoms with van der Waals surface area (Å²) in [5, 5.41) is 2.66. The van der Waals surface area contributed by atoms with Crippen LogP contribution in [0.5, 0.6) is 0 Å². The topological polar surface area (TPSA) is 68.5 Å². The first-order chi connectivity index (χ1) is 8.66. The number of hydrogen-bond acceptors (Lipinski definition) is 4. The Morgan fingerprint density at radius 2 is 2.44 bits per heavy atom. The van der Waals surface area contributed by atoms with Gasteiger partial charge in [0, 0.05) is 17.4 Å². The molecule has 5 nitrogen and oxygen atoms in total. The van der Waals surface area contributed by atoms with E-state index in [1.54, 1.807) is 18.4 Å². The van der Waals surface area contributed by atoms with Gasteiger partial charge in [-0.05, 0) is 25.5 Å². The van der Waals surface area contributed by atoms with E-state index in [1.165, 1.54) is 0 Å². The van der Waals surface area contributed by atoms with E-state index >= 15 is 0 Å². The van der Waals surface area contributed by atoms with E-state index < -0.39 is 10.8 Å². The quantitative estimate of drug-likeness (QED) is 0.861. The van der Waals surface area contributed by atoms with E-state index in [9.17, 15) is 9.00 Å². The molecule has 0 aliphatic carbocycles. The van der Waals surface area contributed by atoms with Crippen molar-refractivity contribution >= 4 is 16.7 Å². The lowest BCUT2D eigenvalue weighted by atomic mass is 10.3. The molecular weight excluding hydrogens is 254 g/mol. The highest BCUT2D eigenvalue weighted by molar-refractivity contribution is 7.86. The standard InChI is InChI=1S/C12H17NO4S/c1-9-11(4-6-16-9)18(15)8-12(14)13-7-10-3-2-5-17-10/h2-3,5,9,11H,4,6-8H2,1H3,(H,13,14)/t9-,11-,18-/m0/s1. The van der Waals surface area contributed by atoms with Crippen LogP contribution in [0.2, 0.25) is 0 Å². The fourth-order valence-electron chi connectivity index (χ4n) is 1.94. The van der Waals surface area contributed by atoms with Crippen LogP contribution < -0.4 is 5.32 Å². The maximum atomic E-state index is 12.0. The number of furan rings is 1. The maximum absolute atomic E-state index is 12.0. The number of rotatable bonds is 5. The van der Waals surface area contributed by atoms with Gasteiger partial charge in [0.25, 0.3) is 0 Å². The Bertz CT molecular complexity index is 418. The molecule has 2 heterocycles. The number of carbonyl (C=O) groups is 1. The number of amides is 1. The summed E-state index contributed by atoms with van der Waals surface area (Å²) >= 11 is 0. The lowest BCUT2D eigenvalue weighted by Gasteiger charge is -2.13. The van der Waals surface area contributed by atoms with Crippen LogP contribution in [-0.2, 0) is 26.9 Å². The van der Waals surface area contributed by atoms with Gasteiger partial charge in [-0.2, -0.15) is 0 Å². The number of ether oxygens (including phenoxy) is 1. The van der Waals surface area contributed by atoms with Crippen molar-refractivity contribution in [3.05, 3.63) is 24.2 Å². The summed E-state index contributed by atoms with van der Waals surface area (Å²) in [7, 11) is -1.17. The van der Waals surface area contributed by atoms with E-state index in [2.05, 4.69) is 5.32 Å². The van der Waals surface area contributed by atoms with Gasteiger partial charge in [-0.3, -0.25) is 9.00 Å². The second-order valence-electron chi connectivity index (χ2n) is 4.28. The fraction of sp³-hybridized carbons (Fsp3) is 0.583. The second-order valence-corrected chi connectivity index (χ2v) is 5.94. The van der Waals surface area contributed by atoms with Crippen LogP contribution in [0.4, 0.5) is 0 Å². The molecule has 1 fully saturated rings. The zero-order chi connectivity index (χ0) is 13.0. The molecule has 0 saturated carbocycles. The third kappa shape index (κ3) is 3.43. The summed E-state index contributed by atoms with van der Waals surface area (Å²) in [6.07, 6.45) is 2.29. The number of carbonyl (C=O) groups excluding carboxylic acids is 1. The van der Waals surface area contributed by atoms with Gasteiger partial charge in [-0.25, -0.2) is 0 Å². The predicted octanol–water partition coefficient (Wildman–Crippen LogP) is 0.822. The molecule has 1 aliphatic rings. The molecule has 0 unspecified atom stereocenters. The van der Waals surface area contributed by atoms with E-state index in [0.717, 1.165) is 6.42 Å². The fourth-order valence-corrected chi connectivity index (χ4v) is 3.38. The highest BCUT2D eigenvalue weighted by Gasteiger charge is 2.30. The summed E-state index contributed by atoms with van der Waals surface area (Å²) < 4.78 is 22.4. The van der Waals surface area contributed by atoms with Crippen LogP contribution in [0.25, 0.3) is 0 Å². The molecule has 1 N–H and O–H groups in total. The molecule has 18 heavy (non-hydrogen) atoms. The van der Waals surface area contributed by atoms with Crippen LogP contribution in [-0.4, -0.2) is 33.8 Å². The third-order valence-electron chi connectivity index (χ3n) is 2.96. The number of hydrogen-bond donors (Lipinski definition) is 1. The van der Waals surface area contributed by atoms with Crippen LogP contribution >= 0.6 is 0 Å². The van der Waals surface area contributed by atoms with Crippen LogP contribution in [0.3, 0.4) is 0 Å². The first kappa shape index (κ1) is 13.3. The molecule has 3 atom stereocenters. The smallest absolute Gasteiger partial charge is 0.233 e. The van der Waals surface area contributed by atoms with Crippen molar-refractivity contribution in [1.29, 1.82) is 0 Å². The molecule has 1 amide bonds. The number of nitrogens with one attached hydrogen (secondary N) is 1. The van der Waals surface area contributed by atoms with E-state index in [-0.39, 0.29) is 23.0 Å². The zero-order valence-electron chi connectivity index (χ0n) is 10.3. The van der Waals surface area contributed by atoms with Gasteiger partial charge in [-0.15, -0.1) is 0 Å². The largest absolute Gasteiger partial charge is 0.467 e. The van der Waals surface area contributed by atoms with Crippen LogP contribution in [0.1, 0.15) is 19.1 Å². The first-order valence-corrected chi connectivity index (χ1v) is 7.33. The maximum Gasteiger partial charge on any atom is 0.233 e. The molecular formula is C12H17NO4S. The minimum Gasteiger partial charge on any atom is -0.467 e. The van der Waals surface area contributed by atoms with Crippen molar-refractivity contribution in [3.63, 3.8) is 0 Å². The predicted molar refractivity (Wildman–Crippen MR) is 67.4 cm³/mol. The normalized spacial score (nSPS) is 24.9. The van der Waals surface area contributed by atoms with Gasteiger partial charge in [0.1, 0.15) is 11.5 Å². The van der Waals surface area contributed by atoms with E-state index in [0.29, 0.717) is 18.9 Å². The summed E-state index contributed by atoms with van der Waals surface area (Å²) in [5.41, 5.74) is 0. The molecule has 0 radical (unpaired) electrons. The SMILES string of the molecule is C[C@@H]1OCC[C@@H]1[S@@](=O)CC(=O)NCc1ccco1. The Balaban J connectivity index is 1.75. The van der Waals surface area contributed by atoms with E-state index in [4.69, 9.17) is 9.15 Å². The van der Waals surface area contributed by atoms with Crippen molar-refractivity contribution in [1.82, 2.24) is 5.32 Å². The van der Waals surface area contributed by atoms with Gasteiger partial charge in [-0.1, -0.05) is 0 Å². The van der Waals surface area contributed by atoms with Crippen molar-refractivity contribution in [2.24, 2.45) is 0 Å². The summed E-state index contributed by atoms with van der Waals surface area (Å²) in [6, 6.07) is 3.54. The van der Waals surface area contributed by atoms with Gasteiger partial charge < -0.3 is 14.5 Å². The first-order valence-electron chi connectivity index (χ1n) is 5.94.